The highest BCUT2D eigenvalue weighted by Crippen LogP contribution is 2.69. The number of ether oxygens (including phenoxy) is 1. The number of amides is 1. The third-order valence-electron chi connectivity index (χ3n) is 6.96. The van der Waals surface area contributed by atoms with Gasteiger partial charge in [0.2, 0.25) is 5.91 Å². The van der Waals surface area contributed by atoms with E-state index in [0.29, 0.717) is 11.8 Å². The van der Waals surface area contributed by atoms with E-state index in [1.165, 1.54) is 6.42 Å². The van der Waals surface area contributed by atoms with Crippen molar-refractivity contribution < 1.29 is 9.53 Å². The molecular formula is C16H27NO2. The molecule has 4 atom stereocenters. The van der Waals surface area contributed by atoms with Gasteiger partial charge in [-0.1, -0.05) is 27.7 Å². The first-order valence-electron chi connectivity index (χ1n) is 7.53. The largest absolute Gasteiger partial charge is 0.348 e. The third kappa shape index (κ3) is 1.40. The van der Waals surface area contributed by atoms with Crippen LogP contribution in [0, 0.1) is 22.7 Å². The van der Waals surface area contributed by atoms with Crippen molar-refractivity contribution in [1.29, 1.82) is 0 Å². The molecule has 2 aliphatic carbocycles. The summed E-state index contributed by atoms with van der Waals surface area (Å²) in [6.07, 6.45) is 3.35. The van der Waals surface area contributed by atoms with Crippen LogP contribution in [0.1, 0.15) is 60.8 Å². The van der Waals surface area contributed by atoms with Gasteiger partial charge in [0.15, 0.2) is 0 Å². The van der Waals surface area contributed by atoms with Crippen LogP contribution in [0.4, 0.5) is 0 Å². The minimum Gasteiger partial charge on any atom is -0.348 e. The monoisotopic (exact) mass is 265 g/mol. The van der Waals surface area contributed by atoms with E-state index in [0.717, 1.165) is 12.8 Å². The molecule has 2 saturated heterocycles. The molecule has 1 N–H and O–H groups in total. The van der Waals surface area contributed by atoms with Gasteiger partial charge in [-0.15, -0.1) is 0 Å². The molecule has 2 saturated carbocycles. The van der Waals surface area contributed by atoms with Crippen molar-refractivity contribution in [3.63, 3.8) is 0 Å². The molecule has 0 aromatic carbocycles. The summed E-state index contributed by atoms with van der Waals surface area (Å²) in [4.78, 5) is 11.7. The number of nitrogens with one attached hydrogen (secondary N) is 1. The lowest BCUT2D eigenvalue weighted by molar-refractivity contribution is -0.373. The van der Waals surface area contributed by atoms with Crippen molar-refractivity contribution >= 4 is 5.91 Å². The Bertz CT molecular complexity index is 442. The molecule has 0 aromatic heterocycles. The minimum absolute atomic E-state index is 0.0190. The van der Waals surface area contributed by atoms with Gasteiger partial charge in [-0.3, -0.25) is 4.79 Å². The number of hydrogen-bond acceptors (Lipinski definition) is 2. The zero-order chi connectivity index (χ0) is 14.3. The first-order chi connectivity index (χ1) is 8.54. The molecule has 3 nitrogen and oxygen atoms in total. The summed E-state index contributed by atoms with van der Waals surface area (Å²) in [6, 6.07) is 0. The lowest BCUT2D eigenvalue weighted by Gasteiger charge is -2.73. The summed E-state index contributed by atoms with van der Waals surface area (Å²) in [5.41, 5.74) is -0.362. The summed E-state index contributed by atoms with van der Waals surface area (Å²) in [5, 5.41) is 3.18. The van der Waals surface area contributed by atoms with Crippen molar-refractivity contribution in [2.75, 3.05) is 0 Å². The van der Waals surface area contributed by atoms with E-state index >= 15 is 0 Å². The zero-order valence-corrected chi connectivity index (χ0v) is 13.1. The Morgan fingerprint density at radius 3 is 2.16 bits per heavy atom. The minimum atomic E-state index is -0.463. The van der Waals surface area contributed by atoms with Crippen molar-refractivity contribution in [3.8, 4) is 0 Å². The summed E-state index contributed by atoms with van der Waals surface area (Å²) in [5.74, 6) is 1.31. The molecule has 2 aliphatic heterocycles. The van der Waals surface area contributed by atoms with Crippen LogP contribution in [-0.2, 0) is 9.53 Å². The second-order valence-electron chi connectivity index (χ2n) is 8.32. The van der Waals surface area contributed by atoms with Gasteiger partial charge < -0.3 is 10.1 Å². The van der Waals surface area contributed by atoms with Crippen LogP contribution in [0.15, 0.2) is 0 Å². The SMILES string of the molecule is CC(=O)N[C@]12C[C@H]3C[C@H](C[C@@](C)(O1)C3(C)C)C2(C)C. The van der Waals surface area contributed by atoms with Gasteiger partial charge in [-0.25, -0.2) is 0 Å². The zero-order valence-electron chi connectivity index (χ0n) is 13.1. The van der Waals surface area contributed by atoms with E-state index in [1.807, 2.05) is 0 Å². The number of carbonyl (C=O) groups excluding carboxylic acids is 1. The molecule has 3 heteroatoms. The average molecular weight is 265 g/mol. The number of rotatable bonds is 1. The summed E-state index contributed by atoms with van der Waals surface area (Å²) in [7, 11) is 0. The first-order valence-corrected chi connectivity index (χ1v) is 7.53. The Hall–Kier alpha value is -0.570. The molecule has 4 bridgehead atoms. The smallest absolute Gasteiger partial charge is 0.219 e. The van der Waals surface area contributed by atoms with Crippen molar-refractivity contribution in [2.24, 2.45) is 22.7 Å². The molecule has 4 rings (SSSR count). The van der Waals surface area contributed by atoms with Crippen LogP contribution < -0.4 is 5.32 Å². The Kier molecular flexibility index (Phi) is 2.37. The van der Waals surface area contributed by atoms with Crippen LogP contribution in [0.3, 0.4) is 0 Å². The molecule has 2 heterocycles. The van der Waals surface area contributed by atoms with Crippen LogP contribution in [0.25, 0.3) is 0 Å². The van der Waals surface area contributed by atoms with E-state index in [2.05, 4.69) is 39.9 Å². The highest BCUT2D eigenvalue weighted by molar-refractivity contribution is 5.73. The van der Waals surface area contributed by atoms with Crippen LogP contribution >= 0.6 is 0 Å². The molecule has 4 fully saturated rings. The Morgan fingerprint density at radius 1 is 1.05 bits per heavy atom. The maximum atomic E-state index is 11.7. The average Bonchev–Trinajstić information content (AvgIpc) is 2.18. The quantitative estimate of drug-likeness (QED) is 0.791. The fourth-order valence-electron chi connectivity index (χ4n) is 4.97. The fraction of sp³-hybridized carbons (Fsp3) is 0.938. The summed E-state index contributed by atoms with van der Waals surface area (Å²) in [6.45, 7) is 13.1. The highest BCUT2D eigenvalue weighted by Gasteiger charge is 2.71. The number of carbonyl (C=O) groups is 1. The first kappa shape index (κ1) is 13.4. The van der Waals surface area contributed by atoms with Gasteiger partial charge in [0.25, 0.3) is 0 Å². The van der Waals surface area contributed by atoms with Gasteiger partial charge in [-0.2, -0.15) is 0 Å². The predicted octanol–water partition coefficient (Wildman–Crippen LogP) is 3.09. The Morgan fingerprint density at radius 2 is 1.63 bits per heavy atom. The Labute approximate surface area is 116 Å². The normalized spacial score (nSPS) is 49.2. The van der Waals surface area contributed by atoms with E-state index in [-0.39, 0.29) is 22.3 Å². The van der Waals surface area contributed by atoms with Crippen molar-refractivity contribution in [3.05, 3.63) is 0 Å². The highest BCUT2D eigenvalue weighted by atomic mass is 16.5. The molecule has 4 aliphatic rings. The second kappa shape index (κ2) is 3.36. The van der Waals surface area contributed by atoms with Gasteiger partial charge in [0.05, 0.1) is 5.60 Å². The topological polar surface area (TPSA) is 38.3 Å². The molecule has 0 radical (unpaired) electrons. The lowest BCUT2D eigenvalue weighted by Crippen LogP contribution is -2.78. The molecule has 1 amide bonds. The van der Waals surface area contributed by atoms with Crippen molar-refractivity contribution in [1.82, 2.24) is 5.32 Å². The molecule has 108 valence electrons. The summed E-state index contributed by atoms with van der Waals surface area (Å²) >= 11 is 0. The van der Waals surface area contributed by atoms with E-state index in [4.69, 9.17) is 4.74 Å². The van der Waals surface area contributed by atoms with Crippen LogP contribution in [-0.4, -0.2) is 17.2 Å². The molecule has 0 spiro atoms. The van der Waals surface area contributed by atoms with Gasteiger partial charge >= 0.3 is 0 Å². The maximum absolute atomic E-state index is 11.7. The van der Waals surface area contributed by atoms with Gasteiger partial charge in [-0.05, 0) is 43.4 Å². The molecule has 19 heavy (non-hydrogen) atoms. The van der Waals surface area contributed by atoms with Crippen LogP contribution in [0.5, 0.6) is 0 Å². The second-order valence-corrected chi connectivity index (χ2v) is 8.32. The van der Waals surface area contributed by atoms with E-state index < -0.39 is 5.72 Å². The Balaban J connectivity index is 2.08. The standard InChI is InChI=1S/C16H27NO2/c1-10(18)17-16-9-12-7-11(14(16,4)5)8-15(6,19-16)13(12,2)3/h11-12H,7-9H2,1-6H3,(H,17,18)/t11-,12-,15-,16-/m1/s1. The van der Waals surface area contributed by atoms with Crippen molar-refractivity contribution in [2.45, 2.75) is 72.1 Å². The molecule has 0 unspecified atom stereocenters. The lowest BCUT2D eigenvalue weighted by atomic mass is 9.43. The number of hydrogen-bond donors (Lipinski definition) is 1. The molecule has 0 aromatic rings. The molecular weight excluding hydrogens is 238 g/mol. The maximum Gasteiger partial charge on any atom is 0.219 e. The predicted molar refractivity (Wildman–Crippen MR) is 74.4 cm³/mol. The van der Waals surface area contributed by atoms with E-state index in [1.54, 1.807) is 6.92 Å². The fourth-order valence-corrected chi connectivity index (χ4v) is 4.97. The summed E-state index contributed by atoms with van der Waals surface area (Å²) < 4.78 is 6.61. The van der Waals surface area contributed by atoms with Gasteiger partial charge in [0, 0.05) is 12.3 Å². The van der Waals surface area contributed by atoms with E-state index in [9.17, 15) is 4.79 Å². The van der Waals surface area contributed by atoms with Gasteiger partial charge in [0.1, 0.15) is 5.72 Å². The van der Waals surface area contributed by atoms with Crippen LogP contribution in [0.2, 0.25) is 0 Å². The third-order valence-corrected chi connectivity index (χ3v) is 6.96.